The van der Waals surface area contributed by atoms with Crippen LogP contribution >= 0.6 is 0 Å². The van der Waals surface area contributed by atoms with Gasteiger partial charge in [-0.25, -0.2) is 0 Å². The first-order valence-corrected chi connectivity index (χ1v) is 5.23. The van der Waals surface area contributed by atoms with Gasteiger partial charge >= 0.3 is 5.97 Å². The van der Waals surface area contributed by atoms with Crippen molar-refractivity contribution in [2.75, 3.05) is 20.8 Å². The summed E-state index contributed by atoms with van der Waals surface area (Å²) in [5.74, 6) is -1.53. The molecule has 101 valence electrons. The fraction of sp³-hybridized carbons (Fsp3) is 0.250. The molecule has 0 heterocycles. The van der Waals surface area contributed by atoms with Crippen LogP contribution in [0.15, 0.2) is 24.3 Å². The molecule has 19 heavy (non-hydrogen) atoms. The largest absolute Gasteiger partial charge is 0.468 e. The van der Waals surface area contributed by atoms with Crippen LogP contribution in [0.2, 0.25) is 0 Å². The van der Waals surface area contributed by atoms with Crippen LogP contribution in [0.5, 0.6) is 0 Å². The van der Waals surface area contributed by atoms with E-state index >= 15 is 0 Å². The number of methoxy groups -OCH3 is 2. The first kappa shape index (κ1) is 14.8. The third-order valence-electron chi connectivity index (χ3n) is 2.33. The molecule has 1 radical (unpaired) electrons. The lowest BCUT2D eigenvalue weighted by molar-refractivity contribution is -0.384. The van der Waals surface area contributed by atoms with Crippen LogP contribution < -0.4 is 0 Å². The average Bonchev–Trinajstić information content (AvgIpc) is 2.43. The van der Waals surface area contributed by atoms with Crippen LogP contribution in [0, 0.1) is 16.0 Å². The van der Waals surface area contributed by atoms with Crippen molar-refractivity contribution < 1.29 is 24.0 Å². The second-order valence-electron chi connectivity index (χ2n) is 3.54. The average molecular weight is 266 g/mol. The molecule has 0 amide bonds. The second kappa shape index (κ2) is 6.60. The molecule has 1 aromatic rings. The summed E-state index contributed by atoms with van der Waals surface area (Å²) in [6, 6.07) is 4.93. The first-order chi connectivity index (χ1) is 9.01. The van der Waals surface area contributed by atoms with Crippen LogP contribution in [-0.4, -0.2) is 37.5 Å². The highest BCUT2D eigenvalue weighted by Crippen LogP contribution is 2.17. The highest BCUT2D eigenvalue weighted by atomic mass is 16.6. The summed E-state index contributed by atoms with van der Waals surface area (Å²) in [5, 5.41) is 10.5. The Morgan fingerprint density at radius 2 is 1.79 bits per heavy atom. The van der Waals surface area contributed by atoms with Gasteiger partial charge in [0.15, 0.2) is 11.7 Å². The van der Waals surface area contributed by atoms with Crippen LogP contribution in [0.25, 0.3) is 0 Å². The summed E-state index contributed by atoms with van der Waals surface area (Å²) in [4.78, 5) is 33.4. The Hall–Kier alpha value is -2.28. The summed E-state index contributed by atoms with van der Waals surface area (Å²) < 4.78 is 9.25. The lowest BCUT2D eigenvalue weighted by atomic mass is 9.98. The van der Waals surface area contributed by atoms with E-state index in [0.717, 1.165) is 7.11 Å². The van der Waals surface area contributed by atoms with Gasteiger partial charge in [-0.05, 0) is 12.1 Å². The number of Topliss-reactive ketones (excluding diaryl/α,β-unsaturated/α-hetero) is 1. The van der Waals surface area contributed by atoms with Crippen molar-refractivity contribution in [2.24, 2.45) is 0 Å². The molecule has 1 rings (SSSR count). The van der Waals surface area contributed by atoms with E-state index in [4.69, 9.17) is 4.74 Å². The van der Waals surface area contributed by atoms with Crippen molar-refractivity contribution in [1.29, 1.82) is 0 Å². The molecule has 0 bridgehead atoms. The molecule has 0 unspecified atom stereocenters. The second-order valence-corrected chi connectivity index (χ2v) is 3.54. The maximum atomic E-state index is 12.0. The number of nitro groups is 1. The fourth-order valence-electron chi connectivity index (χ4n) is 1.39. The number of carbonyl (C=O) groups is 2. The zero-order valence-electron chi connectivity index (χ0n) is 10.4. The van der Waals surface area contributed by atoms with Gasteiger partial charge < -0.3 is 9.47 Å². The number of hydrogen-bond donors (Lipinski definition) is 0. The number of benzene rings is 1. The van der Waals surface area contributed by atoms with Crippen LogP contribution in [-0.2, 0) is 14.3 Å². The number of nitro benzene ring substituents is 1. The van der Waals surface area contributed by atoms with E-state index in [2.05, 4.69) is 4.74 Å². The lowest BCUT2D eigenvalue weighted by Gasteiger charge is -2.11. The zero-order valence-corrected chi connectivity index (χ0v) is 10.4. The Balaban J connectivity index is 2.96. The van der Waals surface area contributed by atoms with Gasteiger partial charge in [0.25, 0.3) is 5.69 Å². The molecule has 7 nitrogen and oxygen atoms in total. The maximum Gasteiger partial charge on any atom is 0.323 e. The van der Waals surface area contributed by atoms with Gasteiger partial charge in [0.2, 0.25) is 0 Å². The van der Waals surface area contributed by atoms with Crippen molar-refractivity contribution in [1.82, 2.24) is 0 Å². The first-order valence-electron chi connectivity index (χ1n) is 5.23. The molecule has 0 N–H and O–H groups in total. The Kier molecular flexibility index (Phi) is 5.13. The van der Waals surface area contributed by atoms with E-state index in [1.165, 1.54) is 31.4 Å². The normalized spacial score (nSPS) is 10.3. The quantitative estimate of drug-likeness (QED) is 0.252. The number of non-ortho nitro benzene ring substituents is 1. The number of ether oxygens (including phenoxy) is 2. The van der Waals surface area contributed by atoms with E-state index in [1.54, 1.807) is 0 Å². The molecular weight excluding hydrogens is 254 g/mol. The minimum absolute atomic E-state index is 0.136. The van der Waals surface area contributed by atoms with Gasteiger partial charge in [0.1, 0.15) is 0 Å². The molecule has 0 aliphatic heterocycles. The van der Waals surface area contributed by atoms with Crippen LogP contribution in [0.4, 0.5) is 5.69 Å². The smallest absolute Gasteiger partial charge is 0.323 e. The van der Waals surface area contributed by atoms with Crippen molar-refractivity contribution in [3.63, 3.8) is 0 Å². The van der Waals surface area contributed by atoms with Gasteiger partial charge in [0.05, 0.1) is 18.6 Å². The molecule has 0 aromatic heterocycles. The monoisotopic (exact) mass is 266 g/mol. The Morgan fingerprint density at radius 3 is 2.21 bits per heavy atom. The van der Waals surface area contributed by atoms with Gasteiger partial charge in [-0.2, -0.15) is 0 Å². The van der Waals surface area contributed by atoms with E-state index in [0.29, 0.717) is 0 Å². The molecule has 1 aromatic carbocycles. The van der Waals surface area contributed by atoms with Crippen molar-refractivity contribution in [2.45, 2.75) is 0 Å². The molecule has 0 atom stereocenters. The molecular formula is C12H12NO6. The molecule has 0 fully saturated rings. The summed E-state index contributed by atoms with van der Waals surface area (Å²) in [6.07, 6.45) is 0. The number of rotatable bonds is 6. The van der Waals surface area contributed by atoms with E-state index < -0.39 is 16.7 Å². The molecule has 7 heteroatoms. The summed E-state index contributed by atoms with van der Waals surface area (Å²) >= 11 is 0. The molecule has 0 spiro atoms. The third kappa shape index (κ3) is 3.59. The van der Waals surface area contributed by atoms with Crippen molar-refractivity contribution in [3.05, 3.63) is 45.9 Å². The van der Waals surface area contributed by atoms with Crippen LogP contribution in [0.3, 0.4) is 0 Å². The van der Waals surface area contributed by atoms with Crippen molar-refractivity contribution >= 4 is 17.4 Å². The van der Waals surface area contributed by atoms with Gasteiger partial charge in [-0.15, -0.1) is 0 Å². The predicted octanol–water partition coefficient (Wildman–Crippen LogP) is 1.17. The predicted molar refractivity (Wildman–Crippen MR) is 64.6 cm³/mol. The van der Waals surface area contributed by atoms with Gasteiger partial charge in [-0.3, -0.25) is 19.7 Å². The van der Waals surface area contributed by atoms with Crippen molar-refractivity contribution in [3.8, 4) is 0 Å². The Labute approximate surface area is 109 Å². The van der Waals surface area contributed by atoms with Gasteiger partial charge in [-0.1, -0.05) is 0 Å². The highest BCUT2D eigenvalue weighted by Gasteiger charge is 2.30. The Morgan fingerprint density at radius 1 is 1.21 bits per heavy atom. The lowest BCUT2D eigenvalue weighted by Crippen LogP contribution is -2.27. The maximum absolute atomic E-state index is 12.0. The number of ketones is 1. The molecule has 0 saturated carbocycles. The topological polar surface area (TPSA) is 95.7 Å². The minimum Gasteiger partial charge on any atom is -0.468 e. The van der Waals surface area contributed by atoms with Gasteiger partial charge in [0, 0.05) is 24.8 Å². The molecule has 0 aliphatic carbocycles. The minimum atomic E-state index is -0.787. The number of esters is 1. The fourth-order valence-corrected chi connectivity index (χ4v) is 1.39. The van der Waals surface area contributed by atoms with Crippen LogP contribution in [0.1, 0.15) is 10.4 Å². The third-order valence-corrected chi connectivity index (χ3v) is 2.33. The zero-order chi connectivity index (χ0) is 14.4. The highest BCUT2D eigenvalue weighted by molar-refractivity contribution is 6.20. The van der Waals surface area contributed by atoms with E-state index in [1.807, 2.05) is 0 Å². The molecule has 0 aliphatic rings. The van der Waals surface area contributed by atoms with E-state index in [9.17, 15) is 19.7 Å². The standard InChI is InChI=1S/C12H12NO6/c1-18-7-10(12(15)19-2)11(14)8-3-5-9(6-4-8)13(16)17/h3-6H,7H2,1-2H3. The number of nitrogens with zero attached hydrogens (tertiary/aromatic N) is 1. The molecule has 0 saturated heterocycles. The van der Waals surface area contributed by atoms with E-state index in [-0.39, 0.29) is 23.8 Å². The summed E-state index contributed by atoms with van der Waals surface area (Å²) in [7, 11) is 2.49. The number of carbonyl (C=O) groups excluding carboxylic acids is 2. The Bertz CT molecular complexity index is 481. The number of hydrogen-bond acceptors (Lipinski definition) is 6. The summed E-state index contributed by atoms with van der Waals surface area (Å²) in [6.45, 7) is -0.192. The summed E-state index contributed by atoms with van der Waals surface area (Å²) in [5.41, 5.74) is 0.0194. The SMILES string of the molecule is COC[C](C(=O)OC)C(=O)c1ccc([N+](=O)[O-])cc1.